The van der Waals surface area contributed by atoms with Crippen molar-refractivity contribution in [3.8, 4) is 11.5 Å². The number of nitrogens with two attached hydrogens (primary N) is 1. The molecule has 26 heavy (non-hydrogen) atoms. The Hall–Kier alpha value is -3.32. The molecule has 7 nitrogen and oxygen atoms in total. The zero-order valence-electron chi connectivity index (χ0n) is 14.5. The zero-order chi connectivity index (χ0) is 18.1. The van der Waals surface area contributed by atoms with Crippen molar-refractivity contribution in [2.24, 2.45) is 5.73 Å². The molecule has 0 aliphatic rings. The molecule has 0 fully saturated rings. The third-order valence-electron chi connectivity index (χ3n) is 4.30. The van der Waals surface area contributed by atoms with Gasteiger partial charge in [0.25, 0.3) is 0 Å². The molecule has 0 unspecified atom stereocenters. The highest BCUT2D eigenvalue weighted by molar-refractivity contribution is 6.01. The number of H-pyrrole nitrogens is 1. The lowest BCUT2D eigenvalue weighted by atomic mass is 10.1. The fraction of sp³-hybridized carbons (Fsp3) is 0.158. The highest BCUT2D eigenvalue weighted by Crippen LogP contribution is 2.37. The van der Waals surface area contributed by atoms with Crippen LogP contribution in [0.25, 0.3) is 21.8 Å². The van der Waals surface area contributed by atoms with E-state index in [9.17, 15) is 0 Å². The van der Waals surface area contributed by atoms with Crippen molar-refractivity contribution in [2.75, 3.05) is 19.5 Å². The van der Waals surface area contributed by atoms with Crippen LogP contribution in [0.15, 0.2) is 42.6 Å². The molecule has 0 aliphatic heterocycles. The van der Waals surface area contributed by atoms with Gasteiger partial charge in [-0.3, -0.25) is 4.98 Å². The minimum Gasteiger partial charge on any atom is -0.497 e. The molecule has 0 radical (unpaired) electrons. The number of aromatic amines is 1. The number of hydrogen-bond acceptors (Lipinski definition) is 6. The maximum Gasteiger partial charge on any atom is 0.205 e. The quantitative estimate of drug-likeness (QED) is 0.511. The van der Waals surface area contributed by atoms with E-state index < -0.39 is 0 Å². The second kappa shape index (κ2) is 6.53. The first-order valence-corrected chi connectivity index (χ1v) is 8.19. The Labute approximate surface area is 150 Å². The molecule has 0 bridgehead atoms. The summed E-state index contributed by atoms with van der Waals surface area (Å²) in [4.78, 5) is 12.3. The molecule has 7 heteroatoms. The smallest absolute Gasteiger partial charge is 0.205 e. The molecular formula is C19H19N5O2. The Morgan fingerprint density at radius 2 is 2.00 bits per heavy atom. The van der Waals surface area contributed by atoms with Gasteiger partial charge in [0.15, 0.2) is 0 Å². The van der Waals surface area contributed by atoms with Crippen molar-refractivity contribution in [2.45, 2.75) is 6.54 Å². The molecule has 2 aromatic heterocycles. The van der Waals surface area contributed by atoms with Crippen LogP contribution in [0, 0.1) is 0 Å². The highest BCUT2D eigenvalue weighted by Gasteiger charge is 2.15. The van der Waals surface area contributed by atoms with Gasteiger partial charge in [-0.15, -0.1) is 0 Å². The molecule has 0 aliphatic carbocycles. The Kier molecular flexibility index (Phi) is 4.06. The first-order chi connectivity index (χ1) is 12.7. The van der Waals surface area contributed by atoms with Gasteiger partial charge in [0, 0.05) is 23.4 Å². The standard InChI is InChI=1S/C19H19N5O2/c1-25-11-7-12-16(10-21-15(9-20)18(12)17(8-11)26-2)24-19-22-13-5-3-4-6-14(13)23-19/h3-8,10H,9,20H2,1-2H3,(H2,22,23,24). The average molecular weight is 349 g/mol. The molecule has 4 N–H and O–H groups in total. The molecule has 0 saturated heterocycles. The third-order valence-corrected chi connectivity index (χ3v) is 4.30. The summed E-state index contributed by atoms with van der Waals surface area (Å²) in [6.07, 6.45) is 1.75. The summed E-state index contributed by atoms with van der Waals surface area (Å²) in [5.74, 6) is 1.99. The average Bonchev–Trinajstić information content (AvgIpc) is 3.09. The molecule has 4 aromatic rings. The fourth-order valence-electron chi connectivity index (χ4n) is 3.05. The first kappa shape index (κ1) is 16.2. The lowest BCUT2D eigenvalue weighted by Gasteiger charge is -2.15. The second-order valence-corrected chi connectivity index (χ2v) is 5.80. The Morgan fingerprint density at radius 1 is 1.15 bits per heavy atom. The van der Waals surface area contributed by atoms with Crippen LogP contribution in [0.3, 0.4) is 0 Å². The normalized spacial score (nSPS) is 11.0. The van der Waals surface area contributed by atoms with Gasteiger partial charge in [-0.2, -0.15) is 0 Å². The number of imidazole rings is 1. The summed E-state index contributed by atoms with van der Waals surface area (Å²) in [5, 5.41) is 5.07. The number of nitrogens with zero attached hydrogens (tertiary/aromatic N) is 2. The van der Waals surface area contributed by atoms with Crippen LogP contribution in [-0.4, -0.2) is 29.2 Å². The van der Waals surface area contributed by atoms with Gasteiger partial charge in [0.1, 0.15) is 11.5 Å². The molecular weight excluding hydrogens is 330 g/mol. The first-order valence-electron chi connectivity index (χ1n) is 8.19. The van der Waals surface area contributed by atoms with Crippen LogP contribution in [0.5, 0.6) is 11.5 Å². The lowest BCUT2D eigenvalue weighted by Crippen LogP contribution is -2.04. The molecule has 132 valence electrons. The van der Waals surface area contributed by atoms with Gasteiger partial charge >= 0.3 is 0 Å². The summed E-state index contributed by atoms with van der Waals surface area (Å²) in [5.41, 5.74) is 9.27. The summed E-state index contributed by atoms with van der Waals surface area (Å²) in [6, 6.07) is 11.6. The van der Waals surface area contributed by atoms with E-state index >= 15 is 0 Å². The number of benzene rings is 2. The minimum atomic E-state index is 0.310. The third kappa shape index (κ3) is 2.68. The number of para-hydroxylation sites is 2. The van der Waals surface area contributed by atoms with Gasteiger partial charge < -0.3 is 25.5 Å². The van der Waals surface area contributed by atoms with E-state index in [4.69, 9.17) is 15.2 Å². The molecule has 0 atom stereocenters. The van der Waals surface area contributed by atoms with Crippen LogP contribution in [-0.2, 0) is 6.54 Å². The van der Waals surface area contributed by atoms with Crippen molar-refractivity contribution >= 4 is 33.4 Å². The number of pyridine rings is 1. The van der Waals surface area contributed by atoms with E-state index in [1.54, 1.807) is 20.4 Å². The number of aromatic nitrogens is 3. The molecule has 0 spiro atoms. The molecule has 2 aromatic carbocycles. The number of methoxy groups -OCH3 is 2. The monoisotopic (exact) mass is 349 g/mol. The maximum atomic E-state index is 5.88. The SMILES string of the molecule is COc1cc(OC)c2c(CN)ncc(Nc3nc4ccccc4[nH]3)c2c1. The topological polar surface area (TPSA) is 98.1 Å². The minimum absolute atomic E-state index is 0.310. The van der Waals surface area contributed by atoms with Crippen LogP contribution in [0.2, 0.25) is 0 Å². The van der Waals surface area contributed by atoms with E-state index in [1.165, 1.54) is 0 Å². The van der Waals surface area contributed by atoms with Crippen molar-refractivity contribution in [3.63, 3.8) is 0 Å². The largest absolute Gasteiger partial charge is 0.497 e. The van der Waals surface area contributed by atoms with E-state index in [-0.39, 0.29) is 0 Å². The predicted molar refractivity (Wildman–Crippen MR) is 102 cm³/mol. The number of ether oxygens (including phenoxy) is 2. The summed E-state index contributed by atoms with van der Waals surface area (Å²) < 4.78 is 10.9. The summed E-state index contributed by atoms with van der Waals surface area (Å²) in [7, 11) is 3.24. The van der Waals surface area contributed by atoms with Crippen molar-refractivity contribution in [1.29, 1.82) is 0 Å². The Bertz CT molecular complexity index is 1060. The van der Waals surface area contributed by atoms with Crippen molar-refractivity contribution in [1.82, 2.24) is 15.0 Å². The molecule has 0 saturated carbocycles. The summed E-state index contributed by atoms with van der Waals surface area (Å²) in [6.45, 7) is 0.310. The summed E-state index contributed by atoms with van der Waals surface area (Å²) >= 11 is 0. The van der Waals surface area contributed by atoms with E-state index in [1.807, 2.05) is 36.4 Å². The Morgan fingerprint density at radius 3 is 2.73 bits per heavy atom. The molecule has 4 rings (SSSR count). The second-order valence-electron chi connectivity index (χ2n) is 5.80. The number of nitrogens with one attached hydrogen (secondary N) is 2. The van der Waals surface area contributed by atoms with Crippen molar-refractivity contribution < 1.29 is 9.47 Å². The van der Waals surface area contributed by atoms with Crippen LogP contribution >= 0.6 is 0 Å². The predicted octanol–water partition coefficient (Wildman–Crippen LogP) is 3.33. The van der Waals surface area contributed by atoms with E-state index in [2.05, 4.69) is 20.3 Å². The van der Waals surface area contributed by atoms with Crippen LogP contribution < -0.4 is 20.5 Å². The molecule has 2 heterocycles. The van der Waals surface area contributed by atoms with E-state index in [0.717, 1.165) is 33.2 Å². The highest BCUT2D eigenvalue weighted by atomic mass is 16.5. The van der Waals surface area contributed by atoms with Crippen molar-refractivity contribution in [3.05, 3.63) is 48.3 Å². The number of fused-ring (bicyclic) bond motifs is 2. The maximum absolute atomic E-state index is 5.88. The van der Waals surface area contributed by atoms with Gasteiger partial charge in [0.2, 0.25) is 5.95 Å². The zero-order valence-corrected chi connectivity index (χ0v) is 14.5. The van der Waals surface area contributed by atoms with Gasteiger partial charge in [0.05, 0.1) is 42.8 Å². The number of rotatable bonds is 5. The van der Waals surface area contributed by atoms with Gasteiger partial charge in [-0.1, -0.05) is 12.1 Å². The van der Waals surface area contributed by atoms with Crippen LogP contribution in [0.1, 0.15) is 5.69 Å². The lowest BCUT2D eigenvalue weighted by molar-refractivity contribution is 0.397. The Balaban J connectivity index is 1.88. The molecule has 0 amide bonds. The number of hydrogen-bond donors (Lipinski definition) is 3. The van der Waals surface area contributed by atoms with Gasteiger partial charge in [-0.25, -0.2) is 4.98 Å². The fourth-order valence-corrected chi connectivity index (χ4v) is 3.05. The van der Waals surface area contributed by atoms with E-state index in [0.29, 0.717) is 24.0 Å². The number of anilines is 2. The van der Waals surface area contributed by atoms with Crippen LogP contribution in [0.4, 0.5) is 11.6 Å². The van der Waals surface area contributed by atoms with Gasteiger partial charge in [-0.05, 0) is 18.2 Å².